The highest BCUT2D eigenvalue weighted by molar-refractivity contribution is 7.98. The zero-order valence-electron chi connectivity index (χ0n) is 11.1. The number of carbonyl (C=O) groups is 2. The van der Waals surface area contributed by atoms with Crippen molar-refractivity contribution >= 4 is 40.0 Å². The monoisotopic (exact) mass is 302 g/mol. The molecule has 0 aliphatic rings. The summed E-state index contributed by atoms with van der Waals surface area (Å²) in [6.07, 6.45) is 5.41. The summed E-state index contributed by atoms with van der Waals surface area (Å²) in [5, 5.41) is 12.5. The fourth-order valence-electron chi connectivity index (χ4n) is 1.52. The molecule has 5 nitrogen and oxygen atoms in total. The molecule has 0 spiro atoms. The highest BCUT2D eigenvalue weighted by Crippen LogP contribution is 2.23. The van der Waals surface area contributed by atoms with Crippen LogP contribution >= 0.6 is 23.1 Å². The number of aromatic carboxylic acids is 1. The quantitative estimate of drug-likeness (QED) is 0.539. The molecule has 0 aliphatic carbocycles. The first-order valence-corrected chi connectivity index (χ1v) is 8.25. The first-order chi connectivity index (χ1) is 9.06. The Hall–Kier alpha value is -1.08. The van der Waals surface area contributed by atoms with Crippen LogP contribution < -0.4 is 5.32 Å². The molecule has 1 heterocycles. The van der Waals surface area contributed by atoms with Crippen molar-refractivity contribution in [3.05, 3.63) is 10.6 Å². The van der Waals surface area contributed by atoms with Crippen LogP contribution in [0.1, 0.15) is 46.3 Å². The Labute approximate surface area is 120 Å². The van der Waals surface area contributed by atoms with E-state index in [0.29, 0.717) is 5.13 Å². The normalized spacial score (nSPS) is 10.4. The lowest BCUT2D eigenvalue weighted by Crippen LogP contribution is -2.04. The van der Waals surface area contributed by atoms with Gasteiger partial charge in [0.1, 0.15) is 4.88 Å². The number of nitrogens with one attached hydrogen (secondary N) is 1. The Morgan fingerprint density at radius 1 is 1.37 bits per heavy atom. The summed E-state index contributed by atoms with van der Waals surface area (Å²) >= 11 is 2.94. The highest BCUT2D eigenvalue weighted by Gasteiger charge is 2.20. The molecule has 0 fully saturated rings. The van der Waals surface area contributed by atoms with Gasteiger partial charge in [0, 0.05) is 13.5 Å². The van der Waals surface area contributed by atoms with Crippen molar-refractivity contribution in [3.63, 3.8) is 0 Å². The van der Waals surface area contributed by atoms with Crippen molar-refractivity contribution in [1.82, 2.24) is 4.98 Å². The SMILES string of the molecule is CSCCCCCNc1nc(C(=O)O)c(C(C)=O)s1. The molecule has 0 aliphatic heterocycles. The number of hydrogen-bond donors (Lipinski definition) is 2. The van der Waals surface area contributed by atoms with Gasteiger partial charge in [0.25, 0.3) is 0 Å². The van der Waals surface area contributed by atoms with Gasteiger partial charge in [-0.05, 0) is 24.9 Å². The van der Waals surface area contributed by atoms with Crippen molar-refractivity contribution in [2.24, 2.45) is 0 Å². The average molecular weight is 302 g/mol. The van der Waals surface area contributed by atoms with Gasteiger partial charge >= 0.3 is 5.97 Å². The van der Waals surface area contributed by atoms with Crippen LogP contribution in [0.15, 0.2) is 0 Å². The third-order valence-electron chi connectivity index (χ3n) is 2.45. The lowest BCUT2D eigenvalue weighted by molar-refractivity contribution is 0.0687. The Morgan fingerprint density at radius 3 is 2.63 bits per heavy atom. The number of anilines is 1. The van der Waals surface area contributed by atoms with Crippen LogP contribution in [-0.2, 0) is 0 Å². The Bertz CT molecular complexity index is 415. The van der Waals surface area contributed by atoms with E-state index in [1.807, 2.05) is 11.8 Å². The molecular weight excluding hydrogens is 284 g/mol. The summed E-state index contributed by atoms with van der Waals surface area (Å²) < 4.78 is 0. The maximum atomic E-state index is 11.3. The predicted molar refractivity (Wildman–Crippen MR) is 79.8 cm³/mol. The molecule has 0 radical (unpaired) electrons. The van der Waals surface area contributed by atoms with Crippen LogP contribution in [0.4, 0.5) is 5.13 Å². The summed E-state index contributed by atoms with van der Waals surface area (Å²) in [7, 11) is 0. The van der Waals surface area contributed by atoms with E-state index in [0.717, 1.165) is 36.5 Å². The number of unbranched alkanes of at least 4 members (excludes halogenated alkanes) is 2. The summed E-state index contributed by atoms with van der Waals surface area (Å²) in [6, 6.07) is 0. The smallest absolute Gasteiger partial charge is 0.356 e. The topological polar surface area (TPSA) is 79.3 Å². The fraction of sp³-hybridized carbons (Fsp3) is 0.583. The lowest BCUT2D eigenvalue weighted by Gasteiger charge is -2.01. The van der Waals surface area contributed by atoms with E-state index in [2.05, 4.69) is 16.6 Å². The van der Waals surface area contributed by atoms with Gasteiger partial charge in [0.2, 0.25) is 0 Å². The molecule has 1 aromatic heterocycles. The first kappa shape index (κ1) is 16.0. The van der Waals surface area contributed by atoms with Crippen molar-refractivity contribution in [3.8, 4) is 0 Å². The van der Waals surface area contributed by atoms with Gasteiger partial charge in [-0.3, -0.25) is 4.79 Å². The summed E-state index contributed by atoms with van der Waals surface area (Å²) in [5.41, 5.74) is -0.151. The zero-order chi connectivity index (χ0) is 14.3. The number of hydrogen-bond acceptors (Lipinski definition) is 6. The number of aromatic nitrogens is 1. The van der Waals surface area contributed by atoms with E-state index in [9.17, 15) is 9.59 Å². The number of ketones is 1. The maximum absolute atomic E-state index is 11.3. The van der Waals surface area contributed by atoms with E-state index in [1.54, 1.807) is 0 Å². The van der Waals surface area contributed by atoms with Crippen molar-refractivity contribution in [2.75, 3.05) is 23.9 Å². The maximum Gasteiger partial charge on any atom is 0.356 e. The molecule has 106 valence electrons. The van der Waals surface area contributed by atoms with Crippen LogP contribution in [0.5, 0.6) is 0 Å². The van der Waals surface area contributed by atoms with Crippen molar-refractivity contribution < 1.29 is 14.7 Å². The molecule has 0 saturated carbocycles. The van der Waals surface area contributed by atoms with E-state index in [-0.39, 0.29) is 16.4 Å². The summed E-state index contributed by atoms with van der Waals surface area (Å²) in [4.78, 5) is 26.4. The molecule has 0 aromatic carbocycles. The van der Waals surface area contributed by atoms with Crippen molar-refractivity contribution in [1.29, 1.82) is 0 Å². The molecule has 19 heavy (non-hydrogen) atoms. The fourth-order valence-corrected chi connectivity index (χ4v) is 2.89. The van der Waals surface area contributed by atoms with Gasteiger partial charge in [0.05, 0.1) is 0 Å². The second-order valence-electron chi connectivity index (χ2n) is 4.04. The molecule has 7 heteroatoms. The number of rotatable bonds is 9. The Balaban J connectivity index is 2.48. The Morgan fingerprint density at radius 2 is 2.11 bits per heavy atom. The largest absolute Gasteiger partial charge is 0.476 e. The molecule has 0 saturated heterocycles. The highest BCUT2D eigenvalue weighted by atomic mass is 32.2. The standard InChI is InChI=1S/C12H18N2O3S2/c1-8(15)10-9(11(16)17)14-12(19-10)13-6-4-3-5-7-18-2/h3-7H2,1-2H3,(H,13,14)(H,16,17). The molecule has 2 N–H and O–H groups in total. The van der Waals surface area contributed by atoms with Crippen LogP contribution in [-0.4, -0.2) is 40.4 Å². The molecule has 0 atom stereocenters. The van der Waals surface area contributed by atoms with E-state index >= 15 is 0 Å². The summed E-state index contributed by atoms with van der Waals surface area (Å²) in [6.45, 7) is 2.10. The minimum atomic E-state index is -1.16. The van der Waals surface area contributed by atoms with E-state index < -0.39 is 5.97 Å². The minimum Gasteiger partial charge on any atom is -0.476 e. The predicted octanol–water partition coefficient (Wildman–Crippen LogP) is 2.99. The second-order valence-corrected chi connectivity index (χ2v) is 6.02. The average Bonchev–Trinajstić information content (AvgIpc) is 2.78. The number of carbonyl (C=O) groups excluding carboxylic acids is 1. The number of nitrogens with zero attached hydrogens (tertiary/aromatic N) is 1. The van der Waals surface area contributed by atoms with E-state index in [1.165, 1.54) is 13.3 Å². The third kappa shape index (κ3) is 5.20. The number of Topliss-reactive ketones (excluding diaryl/α,β-unsaturated/α-hetero) is 1. The number of carboxylic acid groups (broad SMARTS) is 1. The molecular formula is C12H18N2O3S2. The third-order valence-corrected chi connectivity index (χ3v) is 4.26. The number of thioether (sulfide) groups is 1. The first-order valence-electron chi connectivity index (χ1n) is 6.04. The number of carboxylic acids is 1. The van der Waals surface area contributed by atoms with Gasteiger partial charge in [-0.25, -0.2) is 9.78 Å². The van der Waals surface area contributed by atoms with Crippen LogP contribution in [0.2, 0.25) is 0 Å². The van der Waals surface area contributed by atoms with Gasteiger partial charge in [-0.1, -0.05) is 17.8 Å². The number of thiazole rings is 1. The zero-order valence-corrected chi connectivity index (χ0v) is 12.7. The molecule has 0 bridgehead atoms. The second kappa shape index (κ2) is 8.16. The van der Waals surface area contributed by atoms with Gasteiger partial charge in [0.15, 0.2) is 16.6 Å². The molecule has 1 aromatic rings. The van der Waals surface area contributed by atoms with Gasteiger partial charge < -0.3 is 10.4 Å². The summed E-state index contributed by atoms with van der Waals surface area (Å²) in [5.74, 6) is -0.257. The van der Waals surface area contributed by atoms with Gasteiger partial charge in [-0.15, -0.1) is 0 Å². The Kier molecular flexibility index (Phi) is 6.86. The van der Waals surface area contributed by atoms with Crippen LogP contribution in [0, 0.1) is 0 Å². The molecule has 0 unspecified atom stereocenters. The van der Waals surface area contributed by atoms with Gasteiger partial charge in [-0.2, -0.15) is 11.8 Å². The lowest BCUT2D eigenvalue weighted by atomic mass is 10.2. The minimum absolute atomic E-state index is 0.151. The van der Waals surface area contributed by atoms with E-state index in [4.69, 9.17) is 5.11 Å². The molecule has 1 rings (SSSR count). The van der Waals surface area contributed by atoms with Crippen LogP contribution in [0.25, 0.3) is 0 Å². The van der Waals surface area contributed by atoms with Crippen molar-refractivity contribution in [2.45, 2.75) is 26.2 Å². The van der Waals surface area contributed by atoms with Crippen LogP contribution in [0.3, 0.4) is 0 Å². The molecule has 0 amide bonds.